The van der Waals surface area contributed by atoms with Gasteiger partial charge in [0.25, 0.3) is 0 Å². The number of rotatable bonds is 5. The normalized spacial score (nSPS) is 19.9. The zero-order valence-corrected chi connectivity index (χ0v) is 12.0. The zero-order chi connectivity index (χ0) is 13.8. The summed E-state index contributed by atoms with van der Waals surface area (Å²) in [4.78, 5) is 21.3. The van der Waals surface area contributed by atoms with E-state index in [-0.39, 0.29) is 5.15 Å². The van der Waals surface area contributed by atoms with Crippen molar-refractivity contribution in [2.45, 2.75) is 26.3 Å². The minimum Gasteiger partial charge on any atom is -0.369 e. The van der Waals surface area contributed by atoms with Crippen LogP contribution in [0.5, 0.6) is 0 Å². The van der Waals surface area contributed by atoms with Crippen LogP contribution >= 0.6 is 11.6 Å². The number of aldehydes is 1. The largest absolute Gasteiger partial charge is 0.369 e. The van der Waals surface area contributed by atoms with Gasteiger partial charge in [0.15, 0.2) is 6.29 Å². The molecule has 1 N–H and O–H groups in total. The van der Waals surface area contributed by atoms with Crippen molar-refractivity contribution in [1.82, 2.24) is 14.9 Å². The summed E-state index contributed by atoms with van der Waals surface area (Å²) in [5.74, 6) is 1.11. The summed E-state index contributed by atoms with van der Waals surface area (Å²) in [5.41, 5.74) is 0.336. The zero-order valence-electron chi connectivity index (χ0n) is 11.3. The number of anilines is 1. The summed E-state index contributed by atoms with van der Waals surface area (Å²) in [5, 5.41) is 3.41. The lowest BCUT2D eigenvalue weighted by molar-refractivity contribution is 0.112. The number of carbonyl (C=O) groups is 1. The molecular formula is C13H19ClN4O. The highest BCUT2D eigenvalue weighted by Gasteiger charge is 2.24. The third-order valence-electron chi connectivity index (χ3n) is 3.56. The Morgan fingerprint density at radius 2 is 2.37 bits per heavy atom. The quantitative estimate of drug-likeness (QED) is 0.662. The summed E-state index contributed by atoms with van der Waals surface area (Å²) in [6.45, 7) is 7.45. The highest BCUT2D eigenvalue weighted by molar-refractivity contribution is 6.32. The monoisotopic (exact) mass is 282 g/mol. The second kappa shape index (κ2) is 6.30. The number of aromatic nitrogens is 2. The molecule has 5 nitrogen and oxygen atoms in total. The lowest BCUT2D eigenvalue weighted by Crippen LogP contribution is -2.29. The highest BCUT2D eigenvalue weighted by Crippen LogP contribution is 2.21. The maximum atomic E-state index is 11.0. The molecule has 0 spiro atoms. The van der Waals surface area contributed by atoms with Gasteiger partial charge in [0.1, 0.15) is 17.3 Å². The van der Waals surface area contributed by atoms with E-state index in [2.05, 4.69) is 34.0 Å². The Kier molecular flexibility index (Phi) is 4.71. The Bertz CT molecular complexity index is 452. The molecule has 1 aromatic heterocycles. The Morgan fingerprint density at radius 1 is 1.58 bits per heavy atom. The van der Waals surface area contributed by atoms with Crippen LogP contribution in [-0.4, -0.2) is 46.8 Å². The standard InChI is InChI=1S/C13H19ClN4O/c1-9(2)18-4-3-10(6-18)5-15-13-11(7-19)12(14)16-8-17-13/h7-10H,3-6H2,1-2H3,(H,15,16,17). The predicted molar refractivity (Wildman–Crippen MR) is 75.7 cm³/mol. The Balaban J connectivity index is 1.93. The second-order valence-corrected chi connectivity index (χ2v) is 5.53. The Morgan fingerprint density at radius 3 is 3.00 bits per heavy atom. The van der Waals surface area contributed by atoms with Gasteiger partial charge in [0.05, 0.1) is 5.56 Å². The SMILES string of the molecule is CC(C)N1CCC(CNc2ncnc(Cl)c2C=O)C1. The average molecular weight is 283 g/mol. The lowest BCUT2D eigenvalue weighted by Gasteiger charge is -2.20. The summed E-state index contributed by atoms with van der Waals surface area (Å²) >= 11 is 5.86. The molecule has 1 unspecified atom stereocenters. The van der Waals surface area contributed by atoms with Crippen LogP contribution in [0.3, 0.4) is 0 Å². The molecule has 0 saturated carbocycles. The van der Waals surface area contributed by atoms with Gasteiger partial charge in [-0.25, -0.2) is 9.97 Å². The van der Waals surface area contributed by atoms with E-state index >= 15 is 0 Å². The number of carbonyl (C=O) groups excluding carboxylic acids is 1. The number of hydrogen-bond donors (Lipinski definition) is 1. The number of likely N-dealkylation sites (tertiary alicyclic amines) is 1. The summed E-state index contributed by atoms with van der Waals surface area (Å²) < 4.78 is 0. The van der Waals surface area contributed by atoms with Gasteiger partial charge in [-0.1, -0.05) is 11.6 Å². The summed E-state index contributed by atoms with van der Waals surface area (Å²) in [6, 6.07) is 0.587. The van der Waals surface area contributed by atoms with Crippen molar-refractivity contribution >= 4 is 23.7 Å². The predicted octanol–water partition coefficient (Wildman–Crippen LogP) is 2.08. The van der Waals surface area contributed by atoms with Gasteiger partial charge in [-0.3, -0.25) is 4.79 Å². The van der Waals surface area contributed by atoms with Gasteiger partial charge in [0.2, 0.25) is 0 Å². The van der Waals surface area contributed by atoms with Crippen molar-refractivity contribution in [1.29, 1.82) is 0 Å². The van der Waals surface area contributed by atoms with Gasteiger partial charge in [0, 0.05) is 19.1 Å². The first kappa shape index (κ1) is 14.2. The molecule has 104 valence electrons. The fourth-order valence-corrected chi connectivity index (χ4v) is 2.54. The molecule has 1 aliphatic rings. The third-order valence-corrected chi connectivity index (χ3v) is 3.86. The van der Waals surface area contributed by atoms with Crippen LogP contribution in [0.2, 0.25) is 5.15 Å². The molecule has 1 fully saturated rings. The topological polar surface area (TPSA) is 58.1 Å². The van der Waals surface area contributed by atoms with Gasteiger partial charge < -0.3 is 10.2 Å². The first-order valence-electron chi connectivity index (χ1n) is 6.55. The molecule has 1 aliphatic heterocycles. The molecule has 1 saturated heterocycles. The van der Waals surface area contributed by atoms with E-state index in [1.807, 2.05) is 0 Å². The van der Waals surface area contributed by atoms with Crippen LogP contribution in [0.4, 0.5) is 5.82 Å². The summed E-state index contributed by atoms with van der Waals surface area (Å²) in [6.07, 6.45) is 3.23. The number of halogens is 1. The van der Waals surface area contributed by atoms with E-state index < -0.39 is 0 Å². The molecule has 19 heavy (non-hydrogen) atoms. The molecule has 2 heterocycles. The first-order valence-corrected chi connectivity index (χ1v) is 6.93. The van der Waals surface area contributed by atoms with Gasteiger partial charge in [-0.2, -0.15) is 0 Å². The molecule has 1 aromatic rings. The van der Waals surface area contributed by atoms with Crippen LogP contribution in [0.15, 0.2) is 6.33 Å². The smallest absolute Gasteiger partial charge is 0.156 e. The molecule has 2 rings (SSSR count). The van der Waals surface area contributed by atoms with Crippen LogP contribution in [0.1, 0.15) is 30.6 Å². The van der Waals surface area contributed by atoms with Crippen LogP contribution in [-0.2, 0) is 0 Å². The molecule has 0 amide bonds. The maximum Gasteiger partial charge on any atom is 0.156 e. The van der Waals surface area contributed by atoms with Crippen molar-refractivity contribution in [3.63, 3.8) is 0 Å². The maximum absolute atomic E-state index is 11.0. The number of hydrogen-bond acceptors (Lipinski definition) is 5. The van der Waals surface area contributed by atoms with Crippen molar-refractivity contribution in [3.8, 4) is 0 Å². The van der Waals surface area contributed by atoms with Crippen LogP contribution < -0.4 is 5.32 Å². The van der Waals surface area contributed by atoms with Gasteiger partial charge >= 0.3 is 0 Å². The minimum atomic E-state index is 0.197. The minimum absolute atomic E-state index is 0.197. The lowest BCUT2D eigenvalue weighted by atomic mass is 10.1. The van der Waals surface area contributed by atoms with Crippen molar-refractivity contribution in [2.75, 3.05) is 25.0 Å². The van der Waals surface area contributed by atoms with Crippen LogP contribution in [0.25, 0.3) is 0 Å². The number of nitrogens with one attached hydrogen (secondary N) is 1. The average Bonchev–Trinajstić information content (AvgIpc) is 2.85. The summed E-state index contributed by atoms with van der Waals surface area (Å²) in [7, 11) is 0. The third kappa shape index (κ3) is 3.42. The highest BCUT2D eigenvalue weighted by atomic mass is 35.5. The van der Waals surface area contributed by atoms with Crippen molar-refractivity contribution < 1.29 is 4.79 Å². The van der Waals surface area contributed by atoms with Crippen LogP contribution in [0, 0.1) is 5.92 Å². The van der Waals surface area contributed by atoms with E-state index in [4.69, 9.17) is 11.6 Å². The van der Waals surface area contributed by atoms with Crippen molar-refractivity contribution in [2.24, 2.45) is 5.92 Å². The van der Waals surface area contributed by atoms with Gasteiger partial charge in [-0.05, 0) is 32.7 Å². The van der Waals surface area contributed by atoms with E-state index in [0.29, 0.717) is 29.6 Å². The fraction of sp³-hybridized carbons (Fsp3) is 0.615. The van der Waals surface area contributed by atoms with E-state index in [9.17, 15) is 4.79 Å². The Labute approximate surface area is 118 Å². The van der Waals surface area contributed by atoms with Gasteiger partial charge in [-0.15, -0.1) is 0 Å². The molecule has 0 radical (unpaired) electrons. The number of nitrogens with zero attached hydrogens (tertiary/aromatic N) is 3. The fourth-order valence-electron chi connectivity index (χ4n) is 2.36. The van der Waals surface area contributed by atoms with Crippen molar-refractivity contribution in [3.05, 3.63) is 17.0 Å². The molecule has 6 heteroatoms. The Hall–Kier alpha value is -1.20. The molecule has 0 aliphatic carbocycles. The van der Waals surface area contributed by atoms with E-state index in [1.54, 1.807) is 0 Å². The van der Waals surface area contributed by atoms with E-state index in [1.165, 1.54) is 12.7 Å². The van der Waals surface area contributed by atoms with E-state index in [0.717, 1.165) is 19.6 Å². The molecular weight excluding hydrogens is 264 g/mol. The molecule has 0 bridgehead atoms. The second-order valence-electron chi connectivity index (χ2n) is 5.17. The molecule has 0 aromatic carbocycles. The molecule has 1 atom stereocenters. The first-order chi connectivity index (χ1) is 9.11.